The molecule has 0 unspecified atom stereocenters. The first-order chi connectivity index (χ1) is 20.0. The van der Waals surface area contributed by atoms with Crippen molar-refractivity contribution in [3.05, 3.63) is 35.9 Å². The summed E-state index contributed by atoms with van der Waals surface area (Å²) in [6.45, 7) is 9.46. The molecule has 3 N–H and O–H groups in total. The van der Waals surface area contributed by atoms with Gasteiger partial charge in [-0.3, -0.25) is 14.4 Å². The van der Waals surface area contributed by atoms with Crippen molar-refractivity contribution >= 4 is 23.9 Å². The van der Waals surface area contributed by atoms with Gasteiger partial charge >= 0.3 is 23.9 Å². The Morgan fingerprint density at radius 3 is 2.14 bits per heavy atom. The molecule has 3 aliphatic rings. The van der Waals surface area contributed by atoms with Crippen molar-refractivity contribution in [1.29, 1.82) is 0 Å². The highest BCUT2D eigenvalue weighted by molar-refractivity contribution is 5.89. The molecular formula is C31H42O12. The topological polar surface area (TPSA) is 175 Å². The van der Waals surface area contributed by atoms with Crippen LogP contribution in [0.25, 0.3) is 0 Å². The number of carbonyl (C=O) groups excluding carboxylic acids is 4. The zero-order chi connectivity index (χ0) is 32.1. The fourth-order valence-corrected chi connectivity index (χ4v) is 7.51. The molecule has 4 rings (SSSR count). The molecular weight excluding hydrogens is 564 g/mol. The standard InChI is InChI=1S/C31H42O12/c1-8-16(2)26(36)39-15-30-24(41-18(4)33)20(40-17(3)32)14-29(7,38)31(30)23(35)21(28(5,6)43-31)22(34)25(30)42-27(37)19-12-10-9-11-13-19/h9-13,16,20-25,34-35,38H,8,14-15H2,1-7H3/t16-,20+,21-,22+,23-,24+,25-,29+,30+,31+/m1/s1. The number of rotatable bonds is 8. The van der Waals surface area contributed by atoms with Gasteiger partial charge in [0, 0.05) is 26.2 Å². The summed E-state index contributed by atoms with van der Waals surface area (Å²) >= 11 is 0. The van der Waals surface area contributed by atoms with Crippen LogP contribution in [0.2, 0.25) is 0 Å². The maximum absolute atomic E-state index is 13.6. The van der Waals surface area contributed by atoms with E-state index in [4.69, 9.17) is 23.7 Å². The summed E-state index contributed by atoms with van der Waals surface area (Å²) in [5.74, 6) is -4.86. The second-order valence-corrected chi connectivity index (χ2v) is 12.7. The lowest BCUT2D eigenvalue weighted by molar-refractivity contribution is -0.362. The normalized spacial score (nSPS) is 38.3. The van der Waals surface area contributed by atoms with Crippen molar-refractivity contribution < 1.29 is 58.2 Å². The Balaban J connectivity index is 2.04. The molecule has 238 valence electrons. The second-order valence-electron chi connectivity index (χ2n) is 12.7. The lowest BCUT2D eigenvalue weighted by Crippen LogP contribution is -2.85. The molecule has 12 heteroatoms. The third-order valence-electron chi connectivity index (χ3n) is 9.43. The third-order valence-corrected chi connectivity index (χ3v) is 9.43. The summed E-state index contributed by atoms with van der Waals surface area (Å²) in [5, 5.41) is 36.3. The number of ether oxygens (including phenoxy) is 5. The molecule has 2 aliphatic carbocycles. The zero-order valence-electron chi connectivity index (χ0n) is 25.6. The van der Waals surface area contributed by atoms with Crippen LogP contribution >= 0.6 is 0 Å². The van der Waals surface area contributed by atoms with Gasteiger partial charge in [0.1, 0.15) is 35.9 Å². The predicted octanol–water partition coefficient (Wildman–Crippen LogP) is 1.70. The summed E-state index contributed by atoms with van der Waals surface area (Å²) in [4.78, 5) is 51.7. The molecule has 3 fully saturated rings. The number of hydrogen-bond acceptors (Lipinski definition) is 12. The van der Waals surface area contributed by atoms with E-state index in [2.05, 4.69) is 0 Å². The van der Waals surface area contributed by atoms with E-state index in [9.17, 15) is 34.5 Å². The van der Waals surface area contributed by atoms with Gasteiger partial charge in [0.2, 0.25) is 0 Å². The Labute approximate surface area is 250 Å². The van der Waals surface area contributed by atoms with E-state index in [-0.39, 0.29) is 12.0 Å². The van der Waals surface area contributed by atoms with E-state index in [0.717, 1.165) is 13.8 Å². The van der Waals surface area contributed by atoms with Crippen LogP contribution in [0.3, 0.4) is 0 Å². The largest absolute Gasteiger partial charge is 0.464 e. The summed E-state index contributed by atoms with van der Waals surface area (Å²) < 4.78 is 29.8. The minimum atomic E-state index is -2.18. The molecule has 1 aromatic rings. The molecule has 0 radical (unpaired) electrons. The number of carbonyl (C=O) groups is 4. The van der Waals surface area contributed by atoms with Crippen LogP contribution in [0.15, 0.2) is 30.3 Å². The van der Waals surface area contributed by atoms with Crippen molar-refractivity contribution in [3.63, 3.8) is 0 Å². The zero-order valence-corrected chi connectivity index (χ0v) is 25.6. The molecule has 2 bridgehead atoms. The van der Waals surface area contributed by atoms with Crippen molar-refractivity contribution in [3.8, 4) is 0 Å². The van der Waals surface area contributed by atoms with Gasteiger partial charge in [-0.1, -0.05) is 32.0 Å². The van der Waals surface area contributed by atoms with Crippen LogP contribution in [-0.4, -0.2) is 93.1 Å². The smallest absolute Gasteiger partial charge is 0.338 e. The average molecular weight is 607 g/mol. The highest BCUT2D eigenvalue weighted by Crippen LogP contribution is 2.68. The highest BCUT2D eigenvalue weighted by Gasteiger charge is 2.87. The molecule has 10 atom stereocenters. The Bertz CT molecular complexity index is 1240. The number of aliphatic hydroxyl groups excluding tert-OH is 2. The van der Waals surface area contributed by atoms with Gasteiger partial charge in [0.15, 0.2) is 6.10 Å². The van der Waals surface area contributed by atoms with Gasteiger partial charge in [0.05, 0.1) is 28.8 Å². The molecule has 12 nitrogen and oxygen atoms in total. The Morgan fingerprint density at radius 1 is 0.977 bits per heavy atom. The fraction of sp³-hybridized carbons (Fsp3) is 0.677. The van der Waals surface area contributed by atoms with Crippen molar-refractivity contribution in [2.45, 2.75) is 109 Å². The Morgan fingerprint density at radius 2 is 1.58 bits per heavy atom. The first-order valence-corrected chi connectivity index (χ1v) is 14.5. The van der Waals surface area contributed by atoms with Crippen LogP contribution in [0.5, 0.6) is 0 Å². The van der Waals surface area contributed by atoms with Gasteiger partial charge in [-0.15, -0.1) is 0 Å². The van der Waals surface area contributed by atoms with Crippen LogP contribution in [0.4, 0.5) is 0 Å². The quantitative estimate of drug-likeness (QED) is 0.289. The van der Waals surface area contributed by atoms with Crippen molar-refractivity contribution in [2.75, 3.05) is 6.61 Å². The minimum absolute atomic E-state index is 0.122. The fourth-order valence-electron chi connectivity index (χ4n) is 7.51. The third kappa shape index (κ3) is 5.11. The molecule has 0 aromatic heterocycles. The minimum Gasteiger partial charge on any atom is -0.464 e. The molecule has 2 saturated carbocycles. The lowest BCUT2D eigenvalue weighted by atomic mass is 9.46. The van der Waals surface area contributed by atoms with Gasteiger partial charge in [-0.2, -0.15) is 0 Å². The molecule has 0 amide bonds. The van der Waals surface area contributed by atoms with E-state index in [1.165, 1.54) is 19.1 Å². The van der Waals surface area contributed by atoms with Gasteiger partial charge in [0.25, 0.3) is 0 Å². The van der Waals surface area contributed by atoms with E-state index in [1.807, 2.05) is 0 Å². The van der Waals surface area contributed by atoms with E-state index >= 15 is 0 Å². The van der Waals surface area contributed by atoms with E-state index in [1.54, 1.807) is 45.9 Å². The van der Waals surface area contributed by atoms with Gasteiger partial charge in [-0.25, -0.2) is 4.79 Å². The van der Waals surface area contributed by atoms with Crippen molar-refractivity contribution in [2.24, 2.45) is 17.3 Å². The summed E-state index contributed by atoms with van der Waals surface area (Å²) in [5.41, 5.74) is -7.64. The van der Waals surface area contributed by atoms with Crippen LogP contribution in [-0.2, 0) is 38.1 Å². The average Bonchev–Trinajstić information content (AvgIpc) is 3.11. The monoisotopic (exact) mass is 606 g/mol. The van der Waals surface area contributed by atoms with E-state index in [0.29, 0.717) is 6.42 Å². The van der Waals surface area contributed by atoms with Crippen LogP contribution < -0.4 is 0 Å². The predicted molar refractivity (Wildman–Crippen MR) is 148 cm³/mol. The Hall–Kier alpha value is -3.06. The highest BCUT2D eigenvalue weighted by atomic mass is 16.6. The number of benzene rings is 1. The Kier molecular flexibility index (Phi) is 8.75. The molecule has 1 spiro atoms. The molecule has 1 saturated heterocycles. The van der Waals surface area contributed by atoms with Crippen molar-refractivity contribution in [1.82, 2.24) is 0 Å². The SMILES string of the molecule is CC[C@@H](C)C(=O)OC[C@]12[C@H](OC(=O)c3ccccc3)[C@@H](O)[C@@H]3[C@@H](O)[C@]1(OC3(C)C)[C@@](C)(O)C[C@H](OC(C)=O)[C@@H]2OC(C)=O. The first-order valence-electron chi connectivity index (χ1n) is 14.5. The first kappa shape index (κ1) is 32.8. The lowest BCUT2D eigenvalue weighted by Gasteiger charge is -2.66. The summed E-state index contributed by atoms with van der Waals surface area (Å²) in [6, 6.07) is 7.91. The van der Waals surface area contributed by atoms with Crippen LogP contribution in [0, 0.1) is 17.3 Å². The molecule has 1 heterocycles. The maximum Gasteiger partial charge on any atom is 0.338 e. The van der Waals surface area contributed by atoms with E-state index < -0.39 is 95.1 Å². The number of hydrogen-bond donors (Lipinski definition) is 3. The molecule has 1 aromatic carbocycles. The van der Waals surface area contributed by atoms with Gasteiger partial charge in [-0.05, 0) is 39.3 Å². The molecule has 43 heavy (non-hydrogen) atoms. The number of fused-ring (bicyclic) bond motifs is 1. The van der Waals surface area contributed by atoms with Crippen LogP contribution in [0.1, 0.15) is 71.7 Å². The summed E-state index contributed by atoms with van der Waals surface area (Å²) in [6.07, 6.45) is -7.98. The number of esters is 4. The maximum atomic E-state index is 13.6. The summed E-state index contributed by atoms with van der Waals surface area (Å²) in [7, 11) is 0. The number of aliphatic hydroxyl groups is 3. The second kappa shape index (κ2) is 11.5. The van der Waals surface area contributed by atoms with Gasteiger partial charge < -0.3 is 39.0 Å². The molecule has 1 aliphatic heterocycles.